The predicted octanol–water partition coefficient (Wildman–Crippen LogP) is 4.10. The maximum absolute atomic E-state index is 12.8. The molecule has 4 rings (SSSR count). The summed E-state index contributed by atoms with van der Waals surface area (Å²) in [5.41, 5.74) is 4.20. The number of pyridine rings is 1. The normalized spacial score (nSPS) is 12.1. The topological polar surface area (TPSA) is 111 Å². The van der Waals surface area contributed by atoms with E-state index in [1.807, 2.05) is 25.1 Å². The molecule has 164 valence electrons. The fourth-order valence-corrected chi connectivity index (χ4v) is 3.97. The smallest absolute Gasteiger partial charge is 0.261 e. The number of aromatic nitrogens is 3. The van der Waals surface area contributed by atoms with E-state index >= 15 is 0 Å². The molecule has 2 heterocycles. The van der Waals surface area contributed by atoms with Crippen LogP contribution >= 0.6 is 11.6 Å². The second-order valence-corrected chi connectivity index (χ2v) is 8.15. The maximum atomic E-state index is 12.8. The Kier molecular flexibility index (Phi) is 6.12. The number of Topliss-reactive ketones (excluding diaryl/α,β-unsaturated/α-hetero) is 1. The summed E-state index contributed by atoms with van der Waals surface area (Å²) in [4.78, 5) is 35.1. The highest BCUT2D eigenvalue weighted by Gasteiger charge is 2.19. The van der Waals surface area contributed by atoms with Crippen molar-refractivity contribution in [2.75, 3.05) is 11.9 Å². The molecule has 0 radical (unpaired) electrons. The van der Waals surface area contributed by atoms with E-state index in [2.05, 4.69) is 20.3 Å². The number of hydrogen-bond acceptors (Lipinski definition) is 5. The van der Waals surface area contributed by atoms with E-state index in [1.54, 1.807) is 30.5 Å². The third-order valence-corrected chi connectivity index (χ3v) is 5.75. The number of aromatic amines is 2. The molecular formula is C24H23ClN4O3. The van der Waals surface area contributed by atoms with Crippen LogP contribution in [-0.2, 0) is 6.42 Å². The molecule has 0 aliphatic heterocycles. The van der Waals surface area contributed by atoms with Gasteiger partial charge in [-0.25, -0.2) is 4.98 Å². The van der Waals surface area contributed by atoms with Crippen molar-refractivity contribution >= 4 is 34.1 Å². The molecule has 1 atom stereocenters. The number of nitrogens with one attached hydrogen (secondary N) is 3. The van der Waals surface area contributed by atoms with Gasteiger partial charge in [0, 0.05) is 16.8 Å². The first-order valence-corrected chi connectivity index (χ1v) is 10.6. The van der Waals surface area contributed by atoms with Crippen LogP contribution in [-0.4, -0.2) is 38.5 Å². The fraction of sp³-hybridized carbons (Fsp3) is 0.208. The molecule has 2 aromatic carbocycles. The molecule has 0 aliphatic carbocycles. The number of fused-ring (bicyclic) bond motifs is 1. The lowest BCUT2D eigenvalue weighted by Gasteiger charge is -2.19. The van der Waals surface area contributed by atoms with E-state index < -0.39 is 0 Å². The molecule has 4 aromatic rings. The Morgan fingerprint density at radius 2 is 2.03 bits per heavy atom. The quantitative estimate of drug-likeness (QED) is 0.317. The number of hydrogen-bond donors (Lipinski definition) is 4. The van der Waals surface area contributed by atoms with Crippen molar-refractivity contribution in [2.45, 2.75) is 26.3 Å². The average molecular weight is 451 g/mol. The van der Waals surface area contributed by atoms with E-state index in [-0.39, 0.29) is 24.0 Å². The third kappa shape index (κ3) is 4.30. The van der Waals surface area contributed by atoms with Gasteiger partial charge in [0.1, 0.15) is 11.4 Å². The van der Waals surface area contributed by atoms with E-state index in [0.717, 1.165) is 11.1 Å². The van der Waals surface area contributed by atoms with E-state index in [1.165, 1.54) is 6.92 Å². The lowest BCUT2D eigenvalue weighted by molar-refractivity contribution is 0.101. The number of rotatable bonds is 7. The number of halogens is 1. The molecule has 0 amide bonds. The molecule has 4 N–H and O–H groups in total. The number of aliphatic hydroxyl groups is 1. The lowest BCUT2D eigenvalue weighted by Crippen LogP contribution is -2.28. The van der Waals surface area contributed by atoms with Gasteiger partial charge in [-0.1, -0.05) is 29.8 Å². The highest BCUT2D eigenvalue weighted by Crippen LogP contribution is 2.27. The first kappa shape index (κ1) is 21.8. The van der Waals surface area contributed by atoms with Crippen molar-refractivity contribution in [1.29, 1.82) is 0 Å². The Bertz CT molecular complexity index is 1360. The number of carbonyl (C=O) groups is 1. The minimum Gasteiger partial charge on any atom is -0.394 e. The van der Waals surface area contributed by atoms with Crippen LogP contribution < -0.4 is 10.9 Å². The number of aliphatic hydroxyl groups excluding tert-OH is 1. The van der Waals surface area contributed by atoms with Gasteiger partial charge in [-0.3, -0.25) is 9.59 Å². The highest BCUT2D eigenvalue weighted by atomic mass is 35.5. The summed E-state index contributed by atoms with van der Waals surface area (Å²) in [5, 5.41) is 13.8. The monoisotopic (exact) mass is 450 g/mol. The predicted molar refractivity (Wildman–Crippen MR) is 127 cm³/mol. The van der Waals surface area contributed by atoms with Gasteiger partial charge in [0.15, 0.2) is 5.78 Å². The number of ketones is 1. The number of imidazole rings is 1. The Balaban J connectivity index is 1.73. The molecule has 0 saturated carbocycles. The van der Waals surface area contributed by atoms with Crippen molar-refractivity contribution in [3.05, 3.63) is 80.7 Å². The van der Waals surface area contributed by atoms with Gasteiger partial charge < -0.3 is 20.4 Å². The van der Waals surface area contributed by atoms with Crippen LogP contribution in [0, 0.1) is 6.92 Å². The number of nitrogens with zero attached hydrogens (tertiary/aromatic N) is 1. The molecule has 0 bridgehead atoms. The largest absolute Gasteiger partial charge is 0.394 e. The van der Waals surface area contributed by atoms with Crippen LogP contribution in [0.4, 0.5) is 5.69 Å². The Morgan fingerprint density at radius 1 is 1.25 bits per heavy atom. The van der Waals surface area contributed by atoms with Gasteiger partial charge in [-0.05, 0) is 55.7 Å². The number of aryl methyl sites for hydroxylation is 1. The van der Waals surface area contributed by atoms with E-state index in [0.29, 0.717) is 45.1 Å². The zero-order valence-corrected chi connectivity index (χ0v) is 18.5. The van der Waals surface area contributed by atoms with Crippen molar-refractivity contribution < 1.29 is 9.90 Å². The summed E-state index contributed by atoms with van der Waals surface area (Å²) in [5.74, 6) is 0.332. The second kappa shape index (κ2) is 8.98. The van der Waals surface area contributed by atoms with Crippen LogP contribution in [0.5, 0.6) is 0 Å². The highest BCUT2D eigenvalue weighted by molar-refractivity contribution is 6.31. The lowest BCUT2D eigenvalue weighted by atomic mass is 10.1. The van der Waals surface area contributed by atoms with Crippen LogP contribution in [0.25, 0.3) is 22.4 Å². The first-order valence-electron chi connectivity index (χ1n) is 10.2. The minimum atomic E-state index is -0.370. The van der Waals surface area contributed by atoms with Crippen LogP contribution in [0.1, 0.15) is 28.4 Å². The van der Waals surface area contributed by atoms with E-state index in [4.69, 9.17) is 11.6 Å². The molecular weight excluding hydrogens is 428 g/mol. The number of carbonyl (C=O) groups excluding carboxylic acids is 1. The summed E-state index contributed by atoms with van der Waals surface area (Å²) < 4.78 is 0. The molecule has 0 fully saturated rings. The zero-order chi connectivity index (χ0) is 22.8. The Labute approximate surface area is 189 Å². The molecule has 7 nitrogen and oxygen atoms in total. The standard InChI is InChI=1S/C24H23ClN4O3/c1-13-9-16(14(2)31)11-20-22(13)29-23(28-20)21-19(7-8-26-24(21)32)27-17(12-30)10-15-5-3-4-6-18(15)25/h3-9,11,17,30H,10,12H2,1-2H3,(H,28,29)(H2,26,27,32). The zero-order valence-electron chi connectivity index (χ0n) is 17.7. The second-order valence-electron chi connectivity index (χ2n) is 7.75. The fourth-order valence-electron chi connectivity index (χ4n) is 3.76. The number of anilines is 1. The Hall–Kier alpha value is -3.42. The molecule has 8 heteroatoms. The van der Waals surface area contributed by atoms with Gasteiger partial charge in [0.25, 0.3) is 5.56 Å². The molecule has 0 saturated heterocycles. The summed E-state index contributed by atoms with van der Waals surface area (Å²) in [6.45, 7) is 3.23. The van der Waals surface area contributed by atoms with E-state index in [9.17, 15) is 14.7 Å². The van der Waals surface area contributed by atoms with Crippen molar-refractivity contribution in [3.8, 4) is 11.4 Å². The van der Waals surface area contributed by atoms with Gasteiger partial charge in [0.2, 0.25) is 0 Å². The summed E-state index contributed by atoms with van der Waals surface area (Å²) >= 11 is 6.27. The average Bonchev–Trinajstić information content (AvgIpc) is 3.19. The molecule has 1 unspecified atom stereocenters. The maximum Gasteiger partial charge on any atom is 0.261 e. The summed E-state index contributed by atoms with van der Waals surface area (Å²) in [6, 6.07) is 12.3. The molecule has 0 aliphatic rings. The third-order valence-electron chi connectivity index (χ3n) is 5.39. The molecule has 0 spiro atoms. The van der Waals surface area contributed by atoms with Crippen molar-refractivity contribution in [2.24, 2.45) is 0 Å². The SMILES string of the molecule is CC(=O)c1cc(C)c2nc(-c3c(NC(CO)Cc4ccccc4Cl)cc[nH]c3=O)[nH]c2c1. The van der Waals surface area contributed by atoms with Gasteiger partial charge in [-0.2, -0.15) is 0 Å². The van der Waals surface area contributed by atoms with Crippen LogP contribution in [0.3, 0.4) is 0 Å². The summed E-state index contributed by atoms with van der Waals surface area (Å²) in [6.07, 6.45) is 2.02. The van der Waals surface area contributed by atoms with Gasteiger partial charge >= 0.3 is 0 Å². The van der Waals surface area contributed by atoms with Crippen LogP contribution in [0.2, 0.25) is 5.02 Å². The molecule has 2 aromatic heterocycles. The van der Waals surface area contributed by atoms with Crippen LogP contribution in [0.15, 0.2) is 53.5 Å². The first-order chi connectivity index (χ1) is 15.4. The molecule has 32 heavy (non-hydrogen) atoms. The number of benzene rings is 2. The van der Waals surface area contributed by atoms with Crippen molar-refractivity contribution in [3.63, 3.8) is 0 Å². The van der Waals surface area contributed by atoms with Crippen molar-refractivity contribution in [1.82, 2.24) is 15.0 Å². The minimum absolute atomic E-state index is 0.0450. The van der Waals surface area contributed by atoms with Gasteiger partial charge in [0.05, 0.1) is 29.4 Å². The number of H-pyrrole nitrogens is 2. The van der Waals surface area contributed by atoms with Gasteiger partial charge in [-0.15, -0.1) is 0 Å². The Morgan fingerprint density at radius 3 is 2.75 bits per heavy atom. The summed E-state index contributed by atoms with van der Waals surface area (Å²) in [7, 11) is 0.